The Labute approximate surface area is 117 Å². The SMILES string of the molecule is CC(=O)NC1(O)C=CC(C#Cc2cccc(O)c2)=CC1. The molecule has 0 saturated carbocycles. The van der Waals surface area contributed by atoms with Crippen molar-refractivity contribution in [1.82, 2.24) is 5.32 Å². The summed E-state index contributed by atoms with van der Waals surface area (Å²) in [5, 5.41) is 21.8. The van der Waals surface area contributed by atoms with E-state index in [9.17, 15) is 15.0 Å². The third kappa shape index (κ3) is 3.74. The number of nitrogens with one attached hydrogen (secondary N) is 1. The maximum Gasteiger partial charge on any atom is 0.219 e. The van der Waals surface area contributed by atoms with Crippen LogP contribution in [0.25, 0.3) is 0 Å². The first-order chi connectivity index (χ1) is 9.47. The van der Waals surface area contributed by atoms with Crippen LogP contribution in [0.15, 0.2) is 48.1 Å². The van der Waals surface area contributed by atoms with Crippen molar-refractivity contribution in [2.45, 2.75) is 19.1 Å². The molecule has 1 amide bonds. The van der Waals surface area contributed by atoms with E-state index in [1.165, 1.54) is 13.0 Å². The summed E-state index contributed by atoms with van der Waals surface area (Å²) in [6.45, 7) is 1.35. The molecule has 0 radical (unpaired) electrons. The van der Waals surface area contributed by atoms with Gasteiger partial charge < -0.3 is 15.5 Å². The highest BCUT2D eigenvalue weighted by atomic mass is 16.3. The van der Waals surface area contributed by atoms with E-state index in [0.29, 0.717) is 5.56 Å². The standard InChI is InChI=1S/C16H15NO3/c1-12(18)17-16(20)9-7-13(8-10-16)5-6-14-3-2-4-15(19)11-14/h2-4,7-9,11,19-20H,10H2,1H3,(H,17,18). The molecule has 1 aliphatic carbocycles. The molecule has 2 rings (SSSR count). The summed E-state index contributed by atoms with van der Waals surface area (Å²) in [4.78, 5) is 11.0. The second kappa shape index (κ2) is 5.64. The zero-order valence-corrected chi connectivity index (χ0v) is 11.1. The Balaban J connectivity index is 2.08. The lowest BCUT2D eigenvalue weighted by molar-refractivity contribution is -0.124. The van der Waals surface area contributed by atoms with Crippen molar-refractivity contribution >= 4 is 5.91 Å². The number of rotatable bonds is 1. The van der Waals surface area contributed by atoms with E-state index >= 15 is 0 Å². The number of amides is 1. The Morgan fingerprint density at radius 1 is 1.40 bits per heavy atom. The second-order valence-corrected chi connectivity index (χ2v) is 4.60. The van der Waals surface area contributed by atoms with E-state index in [2.05, 4.69) is 17.2 Å². The van der Waals surface area contributed by atoms with Crippen LogP contribution in [-0.2, 0) is 4.79 Å². The van der Waals surface area contributed by atoms with Gasteiger partial charge in [-0.05, 0) is 30.4 Å². The number of allylic oxidation sites excluding steroid dienone is 2. The zero-order chi connectivity index (χ0) is 14.6. The summed E-state index contributed by atoms with van der Waals surface area (Å²) < 4.78 is 0. The number of phenolic OH excluding ortho intramolecular Hbond substituents is 1. The van der Waals surface area contributed by atoms with Gasteiger partial charge in [-0.1, -0.05) is 24.0 Å². The minimum Gasteiger partial charge on any atom is -0.508 e. The van der Waals surface area contributed by atoms with E-state index in [0.717, 1.165) is 5.57 Å². The summed E-state index contributed by atoms with van der Waals surface area (Å²) in [5.41, 5.74) is 0.132. The molecule has 0 spiro atoms. The van der Waals surface area contributed by atoms with Crippen LogP contribution in [0, 0.1) is 11.8 Å². The molecular formula is C16H15NO3. The number of carbonyl (C=O) groups excluding carboxylic acids is 1. The Morgan fingerprint density at radius 3 is 2.80 bits per heavy atom. The average Bonchev–Trinajstić information content (AvgIpc) is 2.37. The molecule has 0 saturated heterocycles. The number of aromatic hydroxyl groups is 1. The largest absolute Gasteiger partial charge is 0.508 e. The lowest BCUT2D eigenvalue weighted by Crippen LogP contribution is -2.46. The van der Waals surface area contributed by atoms with Crippen molar-refractivity contribution in [3.63, 3.8) is 0 Å². The third-order valence-electron chi connectivity index (χ3n) is 2.76. The van der Waals surface area contributed by atoms with E-state index in [-0.39, 0.29) is 18.1 Å². The highest BCUT2D eigenvalue weighted by molar-refractivity contribution is 5.74. The molecule has 1 unspecified atom stereocenters. The highest BCUT2D eigenvalue weighted by Crippen LogP contribution is 2.18. The minimum atomic E-state index is -1.33. The Kier molecular flexibility index (Phi) is 3.92. The number of carbonyl (C=O) groups is 1. The first-order valence-electron chi connectivity index (χ1n) is 6.18. The molecule has 0 aromatic heterocycles. The van der Waals surface area contributed by atoms with Crippen LogP contribution in [0.3, 0.4) is 0 Å². The van der Waals surface area contributed by atoms with E-state index < -0.39 is 5.72 Å². The van der Waals surface area contributed by atoms with Crippen LogP contribution in [0.1, 0.15) is 18.9 Å². The van der Waals surface area contributed by atoms with Crippen LogP contribution in [-0.4, -0.2) is 21.8 Å². The smallest absolute Gasteiger partial charge is 0.219 e. The third-order valence-corrected chi connectivity index (χ3v) is 2.76. The van der Waals surface area contributed by atoms with Crippen molar-refractivity contribution in [1.29, 1.82) is 0 Å². The van der Waals surface area contributed by atoms with Crippen molar-refractivity contribution < 1.29 is 15.0 Å². The molecule has 0 fully saturated rings. The fraction of sp³-hybridized carbons (Fsp3) is 0.188. The van der Waals surface area contributed by atoms with Crippen molar-refractivity contribution in [3.8, 4) is 17.6 Å². The van der Waals surface area contributed by atoms with Gasteiger partial charge in [0, 0.05) is 24.5 Å². The van der Waals surface area contributed by atoms with Gasteiger partial charge >= 0.3 is 0 Å². The minimum absolute atomic E-state index is 0.171. The molecule has 3 N–H and O–H groups in total. The molecule has 102 valence electrons. The molecular weight excluding hydrogens is 254 g/mol. The van der Waals surface area contributed by atoms with Crippen LogP contribution in [0.4, 0.5) is 0 Å². The van der Waals surface area contributed by atoms with Crippen molar-refractivity contribution in [2.24, 2.45) is 0 Å². The lowest BCUT2D eigenvalue weighted by Gasteiger charge is -2.26. The maximum atomic E-state index is 11.0. The summed E-state index contributed by atoms with van der Waals surface area (Å²) in [7, 11) is 0. The van der Waals surface area contributed by atoms with Gasteiger partial charge in [-0.3, -0.25) is 4.79 Å². The van der Waals surface area contributed by atoms with E-state index in [1.807, 2.05) is 0 Å². The molecule has 4 heteroatoms. The predicted octanol–water partition coefficient (Wildman–Crippen LogP) is 1.45. The molecule has 1 aromatic carbocycles. The van der Waals surface area contributed by atoms with Gasteiger partial charge in [0.25, 0.3) is 0 Å². The normalized spacial score (nSPS) is 20.6. The topological polar surface area (TPSA) is 69.6 Å². The molecule has 0 bridgehead atoms. The molecule has 1 aliphatic rings. The second-order valence-electron chi connectivity index (χ2n) is 4.60. The monoisotopic (exact) mass is 269 g/mol. The first kappa shape index (κ1) is 13.9. The van der Waals surface area contributed by atoms with Crippen LogP contribution < -0.4 is 5.32 Å². The summed E-state index contributed by atoms with van der Waals surface area (Å²) in [5.74, 6) is 5.75. The number of aliphatic hydroxyl groups is 1. The van der Waals surface area contributed by atoms with Gasteiger partial charge in [0.1, 0.15) is 5.75 Å². The summed E-state index contributed by atoms with van der Waals surface area (Å²) in [6.07, 6.45) is 5.20. The van der Waals surface area contributed by atoms with E-state index in [4.69, 9.17) is 0 Å². The molecule has 1 atom stereocenters. The predicted molar refractivity (Wildman–Crippen MR) is 75.6 cm³/mol. The van der Waals surface area contributed by atoms with E-state index in [1.54, 1.807) is 36.4 Å². The quantitative estimate of drug-likeness (QED) is 0.534. The molecule has 4 nitrogen and oxygen atoms in total. The van der Waals surface area contributed by atoms with Gasteiger partial charge in [-0.2, -0.15) is 0 Å². The fourth-order valence-corrected chi connectivity index (χ4v) is 1.85. The molecule has 0 heterocycles. The Bertz CT molecular complexity index is 649. The maximum absolute atomic E-state index is 11.0. The zero-order valence-electron chi connectivity index (χ0n) is 11.1. The summed E-state index contributed by atoms with van der Waals surface area (Å²) in [6, 6.07) is 6.68. The van der Waals surface area contributed by atoms with Crippen molar-refractivity contribution in [3.05, 3.63) is 53.6 Å². The summed E-state index contributed by atoms with van der Waals surface area (Å²) >= 11 is 0. The Hall–Kier alpha value is -2.51. The van der Waals surface area contributed by atoms with Crippen molar-refractivity contribution in [2.75, 3.05) is 0 Å². The number of benzene rings is 1. The van der Waals surface area contributed by atoms with Crippen LogP contribution >= 0.6 is 0 Å². The van der Waals surface area contributed by atoms with Gasteiger partial charge in [-0.25, -0.2) is 0 Å². The van der Waals surface area contributed by atoms with Gasteiger partial charge in [0.15, 0.2) is 5.72 Å². The van der Waals surface area contributed by atoms with Gasteiger partial charge in [0.2, 0.25) is 5.91 Å². The molecule has 20 heavy (non-hydrogen) atoms. The number of phenols is 1. The molecule has 1 aromatic rings. The van der Waals surface area contributed by atoms with Crippen LogP contribution in [0.5, 0.6) is 5.75 Å². The first-order valence-corrected chi connectivity index (χ1v) is 6.18. The number of hydrogen-bond donors (Lipinski definition) is 3. The van der Waals surface area contributed by atoms with Gasteiger partial charge in [0.05, 0.1) is 0 Å². The fourth-order valence-electron chi connectivity index (χ4n) is 1.85. The highest BCUT2D eigenvalue weighted by Gasteiger charge is 2.25. The molecule has 0 aliphatic heterocycles. The number of hydrogen-bond acceptors (Lipinski definition) is 3. The Morgan fingerprint density at radius 2 is 2.20 bits per heavy atom. The van der Waals surface area contributed by atoms with Crippen LogP contribution in [0.2, 0.25) is 0 Å². The van der Waals surface area contributed by atoms with Gasteiger partial charge in [-0.15, -0.1) is 0 Å². The lowest BCUT2D eigenvalue weighted by atomic mass is 9.99. The average molecular weight is 269 g/mol.